The fourth-order valence-electron chi connectivity index (χ4n) is 20.6. The summed E-state index contributed by atoms with van der Waals surface area (Å²) < 4.78 is 30.6. The second-order valence-electron chi connectivity index (χ2n) is 33.6. The number of carbonyl (C=O) groups is 12. The molecule has 8 aliphatic rings. The lowest BCUT2D eigenvalue weighted by molar-refractivity contribution is -0.233. The Kier molecular flexibility index (Phi) is 27.3. The van der Waals surface area contributed by atoms with Gasteiger partial charge in [0.05, 0.1) is 58.9 Å². The first-order valence-corrected chi connectivity index (χ1v) is 40.7. The van der Waals surface area contributed by atoms with Crippen molar-refractivity contribution < 1.29 is 112 Å². The van der Waals surface area contributed by atoms with Gasteiger partial charge < -0.3 is 107 Å². The minimum Gasteiger partial charge on any atom is -0.496 e. The maximum Gasteiger partial charge on any atom is 0.347 e. The van der Waals surface area contributed by atoms with Crippen molar-refractivity contribution in [3.8, 4) is 5.75 Å². The van der Waals surface area contributed by atoms with Crippen molar-refractivity contribution in [3.05, 3.63) is 70.9 Å². The third kappa shape index (κ3) is 16.8. The van der Waals surface area contributed by atoms with Gasteiger partial charge in [0, 0.05) is 110 Å². The van der Waals surface area contributed by atoms with E-state index < -0.39 is 210 Å². The zero-order valence-electron chi connectivity index (χ0n) is 68.2. The van der Waals surface area contributed by atoms with Crippen LogP contribution in [0.25, 0.3) is 10.9 Å². The topological polar surface area (TPSA) is 499 Å². The number of rotatable bonds is 31. The summed E-state index contributed by atoms with van der Waals surface area (Å²) in [4.78, 5) is 181. The summed E-state index contributed by atoms with van der Waals surface area (Å²) >= 11 is 0. The third-order valence-corrected chi connectivity index (χ3v) is 25.9. The number of H-pyrrole nitrogens is 1. The molecular weight excluding hydrogens is 1520 g/mol. The van der Waals surface area contributed by atoms with Crippen LogP contribution in [0, 0.1) is 23.2 Å². The minimum atomic E-state index is -2.75. The van der Waals surface area contributed by atoms with Gasteiger partial charge in [-0.1, -0.05) is 77.3 Å². The van der Waals surface area contributed by atoms with Crippen molar-refractivity contribution in [2.45, 2.75) is 233 Å². The van der Waals surface area contributed by atoms with Crippen LogP contribution < -0.4 is 47.3 Å². The van der Waals surface area contributed by atoms with Crippen LogP contribution in [-0.2, 0) is 93.7 Å². The molecule has 2 saturated carbocycles. The average Bonchev–Trinajstić information content (AvgIpc) is 1.46. The van der Waals surface area contributed by atoms with Gasteiger partial charge in [-0.05, 0) is 119 Å². The Morgan fingerprint density at radius 2 is 1.35 bits per heavy atom. The first kappa shape index (κ1) is 88.5. The molecule has 1 spiro atoms. The molecule has 2 aliphatic carbocycles. The number of aliphatic hydroxyl groups is 6. The smallest absolute Gasteiger partial charge is 0.347 e. The largest absolute Gasteiger partial charge is 0.496 e. The predicted octanol–water partition coefficient (Wildman–Crippen LogP) is -1.34. The number of anilines is 1. The van der Waals surface area contributed by atoms with Gasteiger partial charge >= 0.3 is 23.9 Å². The minimum absolute atomic E-state index is 0.145. The number of piperidine rings is 1. The number of aromatic nitrogens is 1. The number of fused-ring (bicyclic) bond motifs is 6. The van der Waals surface area contributed by atoms with Crippen molar-refractivity contribution in [2.24, 2.45) is 28.9 Å². The average molecular weight is 1640 g/mol. The Hall–Kier alpha value is -9.36. The Labute approximate surface area is 678 Å². The van der Waals surface area contributed by atoms with E-state index in [9.17, 15) is 73.8 Å². The number of likely N-dealkylation sites (tertiary alicyclic amines) is 1. The van der Waals surface area contributed by atoms with Crippen molar-refractivity contribution >= 4 is 87.7 Å². The Balaban J connectivity index is 0.830. The number of primary amides is 1. The number of methoxy groups -OCH3 is 3. The Morgan fingerprint density at radius 3 is 1.97 bits per heavy atom. The third-order valence-electron chi connectivity index (χ3n) is 25.9. The first-order chi connectivity index (χ1) is 55.6. The highest BCUT2D eigenvalue weighted by atomic mass is 16.6. The zero-order valence-corrected chi connectivity index (χ0v) is 68.2. The molecular formula is C82H116N12O23. The van der Waals surface area contributed by atoms with Crippen LogP contribution in [0.1, 0.15) is 154 Å². The van der Waals surface area contributed by atoms with E-state index in [0.29, 0.717) is 112 Å². The van der Waals surface area contributed by atoms with Crippen LogP contribution in [0.2, 0.25) is 0 Å². The Morgan fingerprint density at radius 1 is 0.718 bits per heavy atom. The molecule has 2 aromatic carbocycles. The highest BCUT2D eigenvalue weighted by Gasteiger charge is 2.81. The summed E-state index contributed by atoms with van der Waals surface area (Å²) in [5.41, 5.74) is 1.41. The van der Waals surface area contributed by atoms with Gasteiger partial charge in [0.1, 0.15) is 53.5 Å². The van der Waals surface area contributed by atoms with Gasteiger partial charge in [0.2, 0.25) is 52.9 Å². The van der Waals surface area contributed by atoms with Crippen molar-refractivity contribution in [1.82, 2.24) is 51.6 Å². The number of nitrogens with zero attached hydrogens (tertiary/aromatic N) is 4. The second-order valence-corrected chi connectivity index (χ2v) is 33.6. The number of aromatic amines is 1. The summed E-state index contributed by atoms with van der Waals surface area (Å²) in [6, 6.07) is -1.68. The number of benzene rings is 2. The van der Waals surface area contributed by atoms with E-state index in [0.717, 1.165) is 34.9 Å². The van der Waals surface area contributed by atoms with Crippen molar-refractivity contribution in [1.29, 1.82) is 0 Å². The highest BCUT2D eigenvalue weighted by Crippen LogP contribution is 2.68. The molecule has 3 saturated heterocycles. The van der Waals surface area contributed by atoms with Crippen LogP contribution in [0.4, 0.5) is 5.69 Å². The molecule has 1 aromatic heterocycles. The lowest BCUT2D eigenvalue weighted by atomic mass is 9.47. The van der Waals surface area contributed by atoms with Crippen LogP contribution in [0.15, 0.2) is 48.6 Å². The van der Waals surface area contributed by atoms with Crippen LogP contribution in [0.5, 0.6) is 5.75 Å². The zero-order chi connectivity index (χ0) is 85.1. The summed E-state index contributed by atoms with van der Waals surface area (Å²) in [5.74, 6) is -12.9. The van der Waals surface area contributed by atoms with E-state index >= 15 is 14.4 Å². The van der Waals surface area contributed by atoms with Gasteiger partial charge in [-0.15, -0.1) is 0 Å². The standard InChI is InChI=1S/C82H116N12O23/c1-11-78(111)35-46-36-81(76(109)114-9,64-50(25-29-92(37-46)42-78)49-21-16-17-22-53(49)84-64)52-33-51-59(34-61(52)113-8)91(7)74-80(51)27-30-93-28-18-26-79(12-2,73(80)93)75(82(74,112)77(110)115-10)117-71(107)44(5)116-72(108)55(31-43(3)4)86-66(102)56(39-95)87-65(101)54(23-24-62(83)100)85-70(106)63(47-19-14-13-15-20-47)90-68(104)58(41-97)88-67(103)57(40-96)89-69(105)60-32-48(99)38-94(60)45(6)98/h16-18,21-22,26,33-34,43-44,46-48,54-58,60,63,73-75,84,95-97,99,111-112H,11-15,19-20,23-25,27-32,35-42H2,1-10H3,(H2,83,100)(H,85,106)(H,86,102)(H,87,101)(H,88,103)(H,89,105)(H,90,104)/t44?,46?,48-,54-,55-,56-,57-,58-,60-,63?,73?,74?,75+,78-,79+,80?,81-,82-/m0/s1. The summed E-state index contributed by atoms with van der Waals surface area (Å²) in [6.45, 7) is 8.76. The van der Waals surface area contributed by atoms with Crippen LogP contribution >= 0.6 is 0 Å². The lowest BCUT2D eigenvalue weighted by Crippen LogP contribution is -2.81. The van der Waals surface area contributed by atoms with Gasteiger partial charge in [0.15, 0.2) is 12.2 Å². The van der Waals surface area contributed by atoms with E-state index in [1.54, 1.807) is 25.8 Å². The molecule has 3 aromatic rings. The maximum atomic E-state index is 15.8. The number of aliphatic hydroxyl groups excluding tert-OH is 4. The molecule has 7 heterocycles. The molecule has 15 N–H and O–H groups in total. The van der Waals surface area contributed by atoms with E-state index in [2.05, 4.69) is 46.7 Å². The molecule has 35 heteroatoms. The molecule has 7 unspecified atom stereocenters. The maximum absolute atomic E-state index is 15.8. The van der Waals surface area contributed by atoms with E-state index in [-0.39, 0.29) is 44.1 Å². The highest BCUT2D eigenvalue weighted by molar-refractivity contribution is 5.99. The molecule has 8 amide bonds. The quantitative estimate of drug-likeness (QED) is 0.0201. The molecule has 117 heavy (non-hydrogen) atoms. The number of para-hydroxylation sites is 1. The number of amides is 8. The number of nitrogens with one attached hydrogen (secondary N) is 7. The van der Waals surface area contributed by atoms with E-state index in [4.69, 9.17) is 29.4 Å². The van der Waals surface area contributed by atoms with Crippen LogP contribution in [0.3, 0.4) is 0 Å². The van der Waals surface area contributed by atoms with E-state index in [1.165, 1.54) is 28.1 Å². The van der Waals surface area contributed by atoms with Gasteiger partial charge in [-0.3, -0.25) is 53.0 Å². The van der Waals surface area contributed by atoms with E-state index in [1.807, 2.05) is 62.4 Å². The summed E-state index contributed by atoms with van der Waals surface area (Å²) in [7, 11) is 5.70. The molecule has 5 fully saturated rings. The number of hydrogen-bond acceptors (Lipinski definition) is 26. The molecule has 2 bridgehead atoms. The normalized spacial score (nSPS) is 29.0. The van der Waals surface area contributed by atoms with Gasteiger partial charge in [-0.25, -0.2) is 14.4 Å². The Bertz CT molecular complexity index is 4300. The van der Waals surface area contributed by atoms with Gasteiger partial charge in [0.25, 0.3) is 0 Å². The number of ether oxygens (including phenoxy) is 5. The second kappa shape index (κ2) is 36.1. The number of β-amino-alcohol motifs (C(OH)–C–C–N with tert-alkyl or cyclic N) is 1. The number of hydrogen-bond donors (Lipinski definition) is 14. The monoisotopic (exact) mass is 1640 g/mol. The number of esters is 4. The number of likely N-dealkylation sites (N-methyl/N-ethyl adjacent to an activating group) is 1. The molecule has 11 rings (SSSR count). The SMILES string of the molecule is CC[C@]1(O)CC2CN(CCc3c([nH]c4ccccc34)[C@@](C(=O)OC)(c3cc4c(cc3OC)N(C)C3C45CCN4CC=C[C@](CC)(C45)[C@@H](OC(=O)C(C)OC(=O)[C@H](CC(C)C)NC(=O)[C@H](CO)NC(=O)[C@H](CCC(N)=O)NC(=O)C(NC(=O)[C@H](CO)NC(=O)[C@H](CO)NC(=O)[C@@H]4C[C@H](O)CN4C(C)=O)C4CCCCC4)[C@]3(O)C(=O)OC)C2)C1. The van der Waals surface area contributed by atoms with Crippen molar-refractivity contribution in [2.75, 3.05) is 92.4 Å². The van der Waals surface area contributed by atoms with Gasteiger partial charge in [-0.2, -0.15) is 0 Å². The molecule has 0 radical (unpaired) electrons. The molecule has 19 atom stereocenters. The van der Waals surface area contributed by atoms with Crippen LogP contribution in [-0.4, -0.2) is 293 Å². The van der Waals surface area contributed by atoms with Crippen molar-refractivity contribution in [3.63, 3.8) is 0 Å². The fraction of sp³-hybridized carbons (Fsp3) is 0.659. The lowest BCUT2D eigenvalue weighted by Gasteiger charge is -2.63. The number of carbonyl (C=O) groups excluding carboxylic acids is 12. The fourth-order valence-corrected chi connectivity index (χ4v) is 20.6. The molecule has 35 nitrogen and oxygen atoms in total. The summed E-state index contributed by atoms with van der Waals surface area (Å²) in [6.07, 6.45) is 2.56. The number of nitrogens with two attached hydrogens (primary N) is 1. The molecule has 642 valence electrons. The predicted molar refractivity (Wildman–Crippen MR) is 419 cm³/mol. The first-order valence-electron chi connectivity index (χ1n) is 40.7. The molecule has 6 aliphatic heterocycles. The summed E-state index contributed by atoms with van der Waals surface area (Å²) in [5, 5.41) is 83.4.